The van der Waals surface area contributed by atoms with Gasteiger partial charge < -0.3 is 14.6 Å². The van der Waals surface area contributed by atoms with Crippen LogP contribution in [0.25, 0.3) is 33.1 Å². The van der Waals surface area contributed by atoms with Crippen molar-refractivity contribution < 1.29 is 4.74 Å². The maximum Gasteiger partial charge on any atom is 0.243 e. The van der Waals surface area contributed by atoms with Gasteiger partial charge in [-0.2, -0.15) is 4.98 Å². The molecule has 142 valence electrons. The van der Waals surface area contributed by atoms with E-state index in [1.165, 1.54) is 19.3 Å². The summed E-state index contributed by atoms with van der Waals surface area (Å²) in [6.45, 7) is 4.56. The summed E-state index contributed by atoms with van der Waals surface area (Å²) in [6.07, 6.45) is 7.32. The fraction of sp³-hybridized carbons (Fsp3) is 0.318. The number of anilines is 1. The van der Waals surface area contributed by atoms with Gasteiger partial charge in [-0.25, -0.2) is 4.98 Å². The lowest BCUT2D eigenvalue weighted by atomic mass is 10.1. The topological polar surface area (TPSA) is 66.9 Å². The molecule has 4 aromatic rings. The summed E-state index contributed by atoms with van der Waals surface area (Å²) in [5.74, 6) is 1.40. The Morgan fingerprint density at radius 2 is 1.96 bits per heavy atom. The highest BCUT2D eigenvalue weighted by molar-refractivity contribution is 6.07. The molecule has 1 saturated heterocycles. The zero-order chi connectivity index (χ0) is 18.9. The third-order valence-electron chi connectivity index (χ3n) is 5.31. The van der Waals surface area contributed by atoms with Crippen LogP contribution in [0, 0.1) is 0 Å². The van der Waals surface area contributed by atoms with Crippen LogP contribution >= 0.6 is 0 Å². The SMILES string of the molecule is CCOc1nc(N2CCCCC2)nc2c1[nH]c1cc(-c3cccnc3)ccc12. The van der Waals surface area contributed by atoms with Gasteiger partial charge >= 0.3 is 0 Å². The van der Waals surface area contributed by atoms with Crippen LogP contribution in [0.15, 0.2) is 42.7 Å². The van der Waals surface area contributed by atoms with E-state index < -0.39 is 0 Å². The minimum atomic E-state index is 0.571. The molecule has 1 fully saturated rings. The molecule has 4 heterocycles. The molecule has 1 N–H and O–H groups in total. The van der Waals surface area contributed by atoms with Gasteiger partial charge in [0.1, 0.15) is 11.0 Å². The molecule has 1 aliphatic rings. The number of nitrogens with zero attached hydrogens (tertiary/aromatic N) is 4. The second kappa shape index (κ2) is 7.11. The fourth-order valence-electron chi connectivity index (χ4n) is 3.91. The van der Waals surface area contributed by atoms with Crippen molar-refractivity contribution in [2.24, 2.45) is 0 Å². The predicted molar refractivity (Wildman–Crippen MR) is 112 cm³/mol. The van der Waals surface area contributed by atoms with Gasteiger partial charge in [0.15, 0.2) is 0 Å². The van der Waals surface area contributed by atoms with Gasteiger partial charge in [-0.1, -0.05) is 18.2 Å². The first-order chi connectivity index (χ1) is 13.8. The molecule has 0 spiro atoms. The first-order valence-electron chi connectivity index (χ1n) is 9.95. The van der Waals surface area contributed by atoms with Crippen LogP contribution < -0.4 is 9.64 Å². The van der Waals surface area contributed by atoms with Gasteiger partial charge in [-0.3, -0.25) is 4.98 Å². The number of hydrogen-bond donors (Lipinski definition) is 1. The molecule has 3 aromatic heterocycles. The Bertz CT molecular complexity index is 1120. The van der Waals surface area contributed by atoms with E-state index in [4.69, 9.17) is 14.7 Å². The number of hydrogen-bond acceptors (Lipinski definition) is 5. The van der Waals surface area contributed by atoms with E-state index in [1.54, 1.807) is 6.20 Å². The molecule has 0 atom stereocenters. The lowest BCUT2D eigenvalue weighted by Crippen LogP contribution is -2.31. The average Bonchev–Trinajstić information content (AvgIpc) is 3.13. The van der Waals surface area contributed by atoms with Crippen LogP contribution in [0.1, 0.15) is 26.2 Å². The Hall–Kier alpha value is -3.15. The first-order valence-corrected chi connectivity index (χ1v) is 9.95. The van der Waals surface area contributed by atoms with E-state index in [0.29, 0.717) is 12.5 Å². The molecule has 28 heavy (non-hydrogen) atoms. The maximum atomic E-state index is 5.88. The fourth-order valence-corrected chi connectivity index (χ4v) is 3.91. The minimum Gasteiger partial charge on any atom is -0.476 e. The maximum absolute atomic E-state index is 5.88. The van der Waals surface area contributed by atoms with Crippen LogP contribution in [-0.2, 0) is 0 Å². The molecule has 0 unspecified atom stereocenters. The van der Waals surface area contributed by atoms with Crippen LogP contribution in [-0.4, -0.2) is 39.6 Å². The summed E-state index contributed by atoms with van der Waals surface area (Å²) in [6, 6.07) is 10.4. The van der Waals surface area contributed by atoms with Crippen LogP contribution in [0.4, 0.5) is 5.95 Å². The Balaban J connectivity index is 1.67. The average molecular weight is 373 g/mol. The zero-order valence-electron chi connectivity index (χ0n) is 16.0. The molecule has 5 rings (SSSR count). The number of ether oxygens (including phenoxy) is 1. The third-order valence-corrected chi connectivity index (χ3v) is 5.31. The molecule has 0 bridgehead atoms. The van der Waals surface area contributed by atoms with E-state index >= 15 is 0 Å². The van der Waals surface area contributed by atoms with Gasteiger partial charge in [0, 0.05) is 41.9 Å². The summed E-state index contributed by atoms with van der Waals surface area (Å²) in [7, 11) is 0. The molecule has 1 aliphatic heterocycles. The Morgan fingerprint density at radius 1 is 1.07 bits per heavy atom. The number of aromatic nitrogens is 4. The lowest BCUT2D eigenvalue weighted by Gasteiger charge is -2.26. The number of nitrogens with one attached hydrogen (secondary N) is 1. The molecular weight excluding hydrogens is 350 g/mol. The van der Waals surface area contributed by atoms with Gasteiger partial charge in [0.05, 0.1) is 6.61 Å². The molecule has 0 saturated carbocycles. The van der Waals surface area contributed by atoms with Crippen molar-refractivity contribution in [1.82, 2.24) is 19.9 Å². The second-order valence-corrected chi connectivity index (χ2v) is 7.16. The Labute approximate surface area is 163 Å². The summed E-state index contributed by atoms with van der Waals surface area (Å²) < 4.78 is 5.88. The van der Waals surface area contributed by atoms with Gasteiger partial charge in [-0.05, 0) is 43.9 Å². The van der Waals surface area contributed by atoms with E-state index in [2.05, 4.69) is 39.1 Å². The highest BCUT2D eigenvalue weighted by Crippen LogP contribution is 2.33. The zero-order valence-corrected chi connectivity index (χ0v) is 16.0. The van der Waals surface area contributed by atoms with E-state index in [1.807, 2.05) is 19.2 Å². The van der Waals surface area contributed by atoms with Crippen molar-refractivity contribution in [1.29, 1.82) is 0 Å². The molecule has 0 amide bonds. The van der Waals surface area contributed by atoms with Crippen LogP contribution in [0.3, 0.4) is 0 Å². The predicted octanol–water partition coefficient (Wildman–Crippen LogP) is 4.56. The van der Waals surface area contributed by atoms with Crippen molar-refractivity contribution in [3.05, 3.63) is 42.7 Å². The van der Waals surface area contributed by atoms with E-state index in [0.717, 1.165) is 52.1 Å². The van der Waals surface area contributed by atoms with Crippen LogP contribution in [0.5, 0.6) is 5.88 Å². The van der Waals surface area contributed by atoms with Crippen molar-refractivity contribution in [3.8, 4) is 17.0 Å². The normalized spacial score (nSPS) is 14.7. The third kappa shape index (κ3) is 2.95. The van der Waals surface area contributed by atoms with Crippen LogP contribution in [0.2, 0.25) is 0 Å². The number of pyridine rings is 1. The van der Waals surface area contributed by atoms with E-state index in [-0.39, 0.29) is 0 Å². The number of aromatic amines is 1. The number of H-pyrrole nitrogens is 1. The molecule has 0 radical (unpaired) electrons. The van der Waals surface area contributed by atoms with Gasteiger partial charge in [-0.15, -0.1) is 0 Å². The summed E-state index contributed by atoms with van der Waals surface area (Å²) >= 11 is 0. The Kier molecular flexibility index (Phi) is 4.31. The number of fused-ring (bicyclic) bond motifs is 3. The van der Waals surface area contributed by atoms with Crippen molar-refractivity contribution in [2.75, 3.05) is 24.6 Å². The van der Waals surface area contributed by atoms with Gasteiger partial charge in [0.25, 0.3) is 0 Å². The quantitative estimate of drug-likeness (QED) is 0.568. The largest absolute Gasteiger partial charge is 0.476 e. The molecule has 6 heteroatoms. The number of benzene rings is 1. The highest BCUT2D eigenvalue weighted by Gasteiger charge is 2.19. The van der Waals surface area contributed by atoms with Gasteiger partial charge in [0.2, 0.25) is 11.8 Å². The standard InChI is InChI=1S/C22H23N5O/c1-2-28-21-20-19(25-22(26-21)27-11-4-3-5-12-27)17-9-8-15(13-18(17)24-20)16-7-6-10-23-14-16/h6-10,13-14,24H,2-5,11-12H2,1H3. The first kappa shape index (κ1) is 17.0. The summed E-state index contributed by atoms with van der Waals surface area (Å²) in [4.78, 5) is 19.6. The Morgan fingerprint density at radius 3 is 2.75 bits per heavy atom. The molecule has 1 aromatic carbocycles. The number of rotatable bonds is 4. The van der Waals surface area contributed by atoms with E-state index in [9.17, 15) is 0 Å². The molecule has 6 nitrogen and oxygen atoms in total. The summed E-state index contributed by atoms with van der Waals surface area (Å²) in [5.41, 5.74) is 5.03. The second-order valence-electron chi connectivity index (χ2n) is 7.16. The molecular formula is C22H23N5O. The van der Waals surface area contributed by atoms with Crippen molar-refractivity contribution >= 4 is 27.9 Å². The summed E-state index contributed by atoms with van der Waals surface area (Å²) in [5, 5.41) is 1.09. The van der Waals surface area contributed by atoms with Crippen molar-refractivity contribution in [2.45, 2.75) is 26.2 Å². The lowest BCUT2D eigenvalue weighted by molar-refractivity contribution is 0.330. The van der Waals surface area contributed by atoms with Crippen molar-refractivity contribution in [3.63, 3.8) is 0 Å². The molecule has 0 aliphatic carbocycles. The minimum absolute atomic E-state index is 0.571. The smallest absolute Gasteiger partial charge is 0.243 e. The number of piperidine rings is 1. The monoisotopic (exact) mass is 373 g/mol. The highest BCUT2D eigenvalue weighted by atomic mass is 16.5.